The molecule has 1 aromatic rings. The van der Waals surface area contributed by atoms with Crippen LogP contribution in [0.15, 0.2) is 29.2 Å². The van der Waals surface area contributed by atoms with Crippen LogP contribution in [0.3, 0.4) is 0 Å². The van der Waals surface area contributed by atoms with Crippen LogP contribution < -0.4 is 10.1 Å². The maximum atomic E-state index is 11.4. The number of carbonyl (C=O) groups excluding carboxylic acids is 1. The van der Waals surface area contributed by atoms with Gasteiger partial charge in [0.15, 0.2) is 0 Å². The normalized spacial score (nSPS) is 17.7. The van der Waals surface area contributed by atoms with Crippen LogP contribution in [0.25, 0.3) is 6.08 Å². The number of carbonyl (C=O) groups is 1. The Labute approximate surface area is 103 Å². The molecule has 0 unspecified atom stereocenters. The van der Waals surface area contributed by atoms with Crippen LogP contribution in [0.1, 0.15) is 5.56 Å². The fraction of sp³-hybridized carbons (Fsp3) is 0.0909. The highest BCUT2D eigenvalue weighted by molar-refractivity contribution is 8.26. The summed E-state index contributed by atoms with van der Waals surface area (Å²) in [5.74, 6) is 0.659. The number of hydrogen-bond donors (Lipinski definition) is 1. The lowest BCUT2D eigenvalue weighted by Gasteiger charge is -1.99. The van der Waals surface area contributed by atoms with E-state index in [-0.39, 0.29) is 5.91 Å². The maximum Gasteiger partial charge on any atom is 0.263 e. The Bertz CT molecular complexity index is 465. The van der Waals surface area contributed by atoms with Crippen LogP contribution in [-0.2, 0) is 4.79 Å². The third-order valence-electron chi connectivity index (χ3n) is 2.06. The standard InChI is InChI=1S/C11H9NO2S2/c1-14-8-4-2-7(3-5-8)6-9-10(13)12-11(15)16-9/h2-6H,1H3,(H,12,13,15)/b9-6-. The van der Waals surface area contributed by atoms with Gasteiger partial charge >= 0.3 is 0 Å². The molecule has 0 bridgehead atoms. The van der Waals surface area contributed by atoms with E-state index in [4.69, 9.17) is 17.0 Å². The van der Waals surface area contributed by atoms with Crippen molar-refractivity contribution in [2.45, 2.75) is 0 Å². The summed E-state index contributed by atoms with van der Waals surface area (Å²) in [6, 6.07) is 7.48. The van der Waals surface area contributed by atoms with Gasteiger partial charge in [0.05, 0.1) is 12.0 Å². The summed E-state index contributed by atoms with van der Waals surface area (Å²) in [5, 5.41) is 2.57. The first-order valence-electron chi connectivity index (χ1n) is 4.58. The number of ether oxygens (including phenoxy) is 1. The molecule has 0 spiro atoms. The molecule has 0 atom stereocenters. The van der Waals surface area contributed by atoms with E-state index in [9.17, 15) is 4.79 Å². The third-order valence-corrected chi connectivity index (χ3v) is 3.22. The molecule has 0 aromatic heterocycles. The first kappa shape index (κ1) is 11.2. The molecule has 1 fully saturated rings. The molecule has 1 heterocycles. The van der Waals surface area contributed by atoms with Crippen LogP contribution in [0, 0.1) is 0 Å². The van der Waals surface area contributed by atoms with Gasteiger partial charge in [0, 0.05) is 0 Å². The molecule has 5 heteroatoms. The minimum absolute atomic E-state index is 0.134. The number of nitrogens with one attached hydrogen (secondary N) is 1. The summed E-state index contributed by atoms with van der Waals surface area (Å²) in [6.07, 6.45) is 1.80. The molecule has 1 aliphatic rings. The molecule has 1 N–H and O–H groups in total. The summed E-state index contributed by atoms with van der Waals surface area (Å²) < 4.78 is 5.56. The highest BCUT2D eigenvalue weighted by Gasteiger charge is 2.21. The summed E-state index contributed by atoms with van der Waals surface area (Å²) >= 11 is 6.18. The minimum Gasteiger partial charge on any atom is -0.497 e. The second-order valence-corrected chi connectivity index (χ2v) is 4.84. The van der Waals surface area contributed by atoms with Gasteiger partial charge in [-0.1, -0.05) is 36.1 Å². The van der Waals surface area contributed by atoms with Crippen molar-refractivity contribution >= 4 is 40.3 Å². The molecule has 82 valence electrons. The topological polar surface area (TPSA) is 38.3 Å². The van der Waals surface area contributed by atoms with Crippen molar-refractivity contribution in [3.05, 3.63) is 34.7 Å². The molecule has 1 amide bonds. The zero-order chi connectivity index (χ0) is 11.5. The second kappa shape index (κ2) is 4.67. The maximum absolute atomic E-state index is 11.4. The smallest absolute Gasteiger partial charge is 0.263 e. The van der Waals surface area contributed by atoms with Crippen LogP contribution in [0.2, 0.25) is 0 Å². The molecule has 1 aromatic carbocycles. The van der Waals surface area contributed by atoms with E-state index in [0.29, 0.717) is 9.23 Å². The van der Waals surface area contributed by atoms with E-state index < -0.39 is 0 Å². The van der Waals surface area contributed by atoms with Crippen molar-refractivity contribution in [2.75, 3.05) is 7.11 Å². The van der Waals surface area contributed by atoms with E-state index in [1.54, 1.807) is 13.2 Å². The lowest BCUT2D eigenvalue weighted by atomic mass is 10.2. The Morgan fingerprint density at radius 1 is 1.38 bits per heavy atom. The number of rotatable bonds is 2. The first-order chi connectivity index (χ1) is 7.69. The number of benzene rings is 1. The van der Waals surface area contributed by atoms with Crippen LogP contribution >= 0.6 is 24.0 Å². The molecule has 1 saturated heterocycles. The average Bonchev–Trinajstić information content (AvgIpc) is 2.59. The molecular weight excluding hydrogens is 242 g/mol. The van der Waals surface area contributed by atoms with Crippen molar-refractivity contribution < 1.29 is 9.53 Å². The fourth-order valence-corrected chi connectivity index (χ4v) is 2.32. The van der Waals surface area contributed by atoms with Crippen molar-refractivity contribution in [3.8, 4) is 5.75 Å². The van der Waals surface area contributed by atoms with E-state index in [0.717, 1.165) is 11.3 Å². The number of hydrogen-bond acceptors (Lipinski definition) is 4. The lowest BCUT2D eigenvalue weighted by Crippen LogP contribution is -2.17. The molecule has 3 nitrogen and oxygen atoms in total. The minimum atomic E-state index is -0.134. The molecule has 0 saturated carbocycles. The predicted octanol–water partition coefficient (Wildman–Crippen LogP) is 2.18. The Balaban J connectivity index is 2.22. The van der Waals surface area contributed by atoms with Crippen LogP contribution in [-0.4, -0.2) is 17.3 Å². The SMILES string of the molecule is COc1ccc(/C=C2\SC(=S)NC2=O)cc1. The zero-order valence-electron chi connectivity index (χ0n) is 8.52. The van der Waals surface area contributed by atoms with Crippen LogP contribution in [0.4, 0.5) is 0 Å². The van der Waals surface area contributed by atoms with Gasteiger partial charge in [-0.3, -0.25) is 4.79 Å². The van der Waals surface area contributed by atoms with Crippen molar-refractivity contribution in [1.29, 1.82) is 0 Å². The number of methoxy groups -OCH3 is 1. The lowest BCUT2D eigenvalue weighted by molar-refractivity contribution is -0.115. The van der Waals surface area contributed by atoms with Gasteiger partial charge in [0.1, 0.15) is 10.1 Å². The highest BCUT2D eigenvalue weighted by Crippen LogP contribution is 2.26. The quantitative estimate of drug-likeness (QED) is 0.646. The monoisotopic (exact) mass is 251 g/mol. The molecule has 0 aliphatic carbocycles. The summed E-state index contributed by atoms with van der Waals surface area (Å²) in [6.45, 7) is 0. The third kappa shape index (κ3) is 2.43. The van der Waals surface area contributed by atoms with Crippen molar-refractivity contribution in [3.63, 3.8) is 0 Å². The highest BCUT2D eigenvalue weighted by atomic mass is 32.2. The van der Waals surface area contributed by atoms with Gasteiger partial charge in [-0.25, -0.2) is 0 Å². The molecule has 16 heavy (non-hydrogen) atoms. The summed E-state index contributed by atoms with van der Waals surface area (Å²) in [5.41, 5.74) is 0.947. The molecule has 0 radical (unpaired) electrons. The van der Waals surface area contributed by atoms with Crippen molar-refractivity contribution in [1.82, 2.24) is 5.32 Å². The average molecular weight is 251 g/mol. The number of amides is 1. The molecule has 1 aliphatic heterocycles. The van der Waals surface area contributed by atoms with E-state index in [1.807, 2.05) is 24.3 Å². The van der Waals surface area contributed by atoms with Crippen molar-refractivity contribution in [2.24, 2.45) is 0 Å². The summed E-state index contributed by atoms with van der Waals surface area (Å²) in [7, 11) is 1.62. The van der Waals surface area contributed by atoms with E-state index in [2.05, 4.69) is 5.32 Å². The molecular formula is C11H9NO2S2. The Morgan fingerprint density at radius 2 is 2.06 bits per heavy atom. The van der Waals surface area contributed by atoms with Gasteiger partial charge in [0.2, 0.25) is 0 Å². The number of thiocarbonyl (C=S) groups is 1. The number of thioether (sulfide) groups is 1. The second-order valence-electron chi connectivity index (χ2n) is 3.13. The Morgan fingerprint density at radius 3 is 2.56 bits per heavy atom. The molecule has 2 rings (SSSR count). The predicted molar refractivity (Wildman–Crippen MR) is 69.3 cm³/mol. The van der Waals surface area contributed by atoms with E-state index >= 15 is 0 Å². The van der Waals surface area contributed by atoms with E-state index in [1.165, 1.54) is 11.8 Å². The Hall–Kier alpha value is -1.33. The zero-order valence-corrected chi connectivity index (χ0v) is 10.2. The van der Waals surface area contributed by atoms with Gasteiger partial charge in [0.25, 0.3) is 5.91 Å². The van der Waals surface area contributed by atoms with Crippen LogP contribution in [0.5, 0.6) is 5.75 Å². The van der Waals surface area contributed by atoms with Gasteiger partial charge in [-0.15, -0.1) is 0 Å². The Kier molecular flexibility index (Phi) is 3.26. The first-order valence-corrected chi connectivity index (χ1v) is 5.80. The largest absolute Gasteiger partial charge is 0.497 e. The van der Waals surface area contributed by atoms with Gasteiger partial charge in [-0.05, 0) is 23.8 Å². The fourth-order valence-electron chi connectivity index (χ4n) is 1.27. The van der Waals surface area contributed by atoms with Gasteiger partial charge < -0.3 is 10.1 Å². The van der Waals surface area contributed by atoms with Gasteiger partial charge in [-0.2, -0.15) is 0 Å². The summed E-state index contributed by atoms with van der Waals surface area (Å²) in [4.78, 5) is 12.0.